The molecule has 3 heteroatoms. The van der Waals surface area contributed by atoms with E-state index in [0.29, 0.717) is 5.57 Å². The van der Waals surface area contributed by atoms with Crippen LogP contribution in [0.15, 0.2) is 11.3 Å². The van der Waals surface area contributed by atoms with Gasteiger partial charge in [-0.05, 0) is 6.92 Å². The minimum atomic E-state index is -1.31. The lowest BCUT2D eigenvalue weighted by Crippen LogP contribution is -2.31. The Morgan fingerprint density at radius 2 is 1.85 bits per heavy atom. The third-order valence-electron chi connectivity index (χ3n) is 2.90. The third-order valence-corrected chi connectivity index (χ3v) is 7.02. The number of carbonyl (C=O) groups is 1. The van der Waals surface area contributed by atoms with Gasteiger partial charge in [-0.1, -0.05) is 43.6 Å². The van der Waals surface area contributed by atoms with Crippen molar-refractivity contribution < 1.29 is 9.90 Å². The Morgan fingerprint density at radius 3 is 2.31 bits per heavy atom. The fourth-order valence-corrected chi connectivity index (χ4v) is 5.91. The number of hydrogen-bond acceptors (Lipinski definition) is 1. The van der Waals surface area contributed by atoms with Crippen LogP contribution in [0, 0.1) is 0 Å². The Hall–Kier alpha value is -0.573. The van der Waals surface area contributed by atoms with E-state index in [4.69, 9.17) is 5.11 Å². The summed E-state index contributed by atoms with van der Waals surface area (Å²) in [6, 6.07) is 2.55. The maximum Gasteiger partial charge on any atom is 0.330 e. The highest BCUT2D eigenvalue weighted by Crippen LogP contribution is 2.30. The van der Waals surface area contributed by atoms with E-state index in [9.17, 15) is 4.79 Å². The van der Waals surface area contributed by atoms with Gasteiger partial charge in [0.25, 0.3) is 0 Å². The van der Waals surface area contributed by atoms with Crippen LogP contribution in [-0.2, 0) is 4.79 Å². The molecular formula is C10H18O2Si. The minimum absolute atomic E-state index is 0.552. The van der Waals surface area contributed by atoms with Crippen LogP contribution in [0.1, 0.15) is 26.2 Å². The molecule has 1 aliphatic rings. The molecule has 0 aromatic carbocycles. The minimum Gasteiger partial charge on any atom is -0.478 e. The van der Waals surface area contributed by atoms with Gasteiger partial charge in [-0.15, -0.1) is 0 Å². The lowest BCUT2D eigenvalue weighted by molar-refractivity contribution is -0.132. The molecule has 0 saturated carbocycles. The molecule has 2 nitrogen and oxygen atoms in total. The van der Waals surface area contributed by atoms with Crippen LogP contribution in [-0.4, -0.2) is 19.1 Å². The molecule has 0 spiro atoms. The number of hydrogen-bond donors (Lipinski definition) is 1. The molecule has 0 amide bonds. The van der Waals surface area contributed by atoms with Crippen LogP contribution in [0.25, 0.3) is 0 Å². The topological polar surface area (TPSA) is 37.3 Å². The smallest absolute Gasteiger partial charge is 0.330 e. The normalized spacial score (nSPS) is 22.8. The summed E-state index contributed by atoms with van der Waals surface area (Å²) < 4.78 is 0. The van der Waals surface area contributed by atoms with Gasteiger partial charge in [0.05, 0.1) is 8.07 Å². The largest absolute Gasteiger partial charge is 0.478 e. The van der Waals surface area contributed by atoms with Gasteiger partial charge in [-0.25, -0.2) is 4.79 Å². The summed E-state index contributed by atoms with van der Waals surface area (Å²) in [7, 11) is -1.31. The SMILES string of the molecule is CC(=C[Si]1(C)CCCCC1)C(=O)O. The second-order valence-electron chi connectivity index (χ2n) is 4.35. The first-order valence-electron chi connectivity index (χ1n) is 4.96. The quantitative estimate of drug-likeness (QED) is 0.547. The van der Waals surface area contributed by atoms with E-state index in [0.717, 1.165) is 0 Å². The zero-order valence-electron chi connectivity index (χ0n) is 8.47. The molecule has 0 unspecified atom stereocenters. The van der Waals surface area contributed by atoms with Crippen molar-refractivity contribution in [2.24, 2.45) is 0 Å². The molecule has 1 aliphatic heterocycles. The summed E-state index contributed by atoms with van der Waals surface area (Å²) in [5.74, 6) is -0.751. The molecule has 13 heavy (non-hydrogen) atoms. The van der Waals surface area contributed by atoms with Gasteiger partial charge < -0.3 is 5.11 Å². The summed E-state index contributed by atoms with van der Waals surface area (Å²) in [6.45, 7) is 4.02. The summed E-state index contributed by atoms with van der Waals surface area (Å²) >= 11 is 0. The number of carboxylic acids is 1. The van der Waals surface area contributed by atoms with Crippen molar-refractivity contribution in [3.05, 3.63) is 11.3 Å². The van der Waals surface area contributed by atoms with Gasteiger partial charge in [-0.2, -0.15) is 0 Å². The lowest BCUT2D eigenvalue weighted by atomic mass is 10.3. The van der Waals surface area contributed by atoms with E-state index in [-0.39, 0.29) is 0 Å². The van der Waals surface area contributed by atoms with Crippen LogP contribution in [0.2, 0.25) is 18.6 Å². The van der Waals surface area contributed by atoms with Crippen molar-refractivity contribution in [3.8, 4) is 0 Å². The molecule has 0 aliphatic carbocycles. The molecule has 0 aromatic rings. The molecule has 1 rings (SSSR count). The number of carboxylic acid groups (broad SMARTS) is 1. The molecular weight excluding hydrogens is 180 g/mol. The molecule has 0 atom stereocenters. The van der Waals surface area contributed by atoms with Crippen molar-refractivity contribution in [1.29, 1.82) is 0 Å². The van der Waals surface area contributed by atoms with Gasteiger partial charge in [0.2, 0.25) is 0 Å². The maximum atomic E-state index is 10.7. The van der Waals surface area contributed by atoms with E-state index in [1.165, 1.54) is 31.4 Å². The molecule has 0 bridgehead atoms. The number of rotatable bonds is 2. The standard InChI is InChI=1S/C10H18O2Si/c1-9(10(11)12)8-13(2)6-4-3-5-7-13/h8H,3-7H2,1-2H3,(H,11,12). The molecule has 0 aromatic heterocycles. The van der Waals surface area contributed by atoms with Gasteiger partial charge in [0, 0.05) is 5.57 Å². The summed E-state index contributed by atoms with van der Waals surface area (Å²) in [4.78, 5) is 10.7. The Bertz CT molecular complexity index is 227. The van der Waals surface area contributed by atoms with Crippen LogP contribution in [0.4, 0.5) is 0 Å². The molecule has 1 fully saturated rings. The fraction of sp³-hybridized carbons (Fsp3) is 0.700. The molecule has 1 saturated heterocycles. The third kappa shape index (κ3) is 2.99. The van der Waals surface area contributed by atoms with Gasteiger partial charge in [0.15, 0.2) is 0 Å². The highest BCUT2D eigenvalue weighted by molar-refractivity contribution is 6.83. The Kier molecular flexibility index (Phi) is 3.31. The molecule has 1 heterocycles. The average molecular weight is 198 g/mol. The summed E-state index contributed by atoms with van der Waals surface area (Å²) in [5, 5.41) is 8.78. The monoisotopic (exact) mass is 198 g/mol. The van der Waals surface area contributed by atoms with E-state index in [1.54, 1.807) is 6.92 Å². The van der Waals surface area contributed by atoms with E-state index < -0.39 is 14.0 Å². The summed E-state index contributed by atoms with van der Waals surface area (Å²) in [5.41, 5.74) is 2.63. The van der Waals surface area contributed by atoms with Crippen molar-refractivity contribution in [3.63, 3.8) is 0 Å². The highest BCUT2D eigenvalue weighted by Gasteiger charge is 2.27. The van der Waals surface area contributed by atoms with E-state index >= 15 is 0 Å². The van der Waals surface area contributed by atoms with Gasteiger partial charge in [0.1, 0.15) is 0 Å². The Labute approximate surface area is 80.7 Å². The highest BCUT2D eigenvalue weighted by atomic mass is 28.3. The maximum absolute atomic E-state index is 10.7. The van der Waals surface area contributed by atoms with Crippen LogP contribution < -0.4 is 0 Å². The second-order valence-corrected chi connectivity index (χ2v) is 8.94. The predicted molar refractivity (Wildman–Crippen MR) is 56.5 cm³/mol. The first-order valence-corrected chi connectivity index (χ1v) is 7.95. The molecule has 74 valence electrons. The van der Waals surface area contributed by atoms with Crippen LogP contribution in [0.3, 0.4) is 0 Å². The van der Waals surface area contributed by atoms with Crippen LogP contribution >= 0.6 is 0 Å². The average Bonchev–Trinajstić information content (AvgIpc) is 2.04. The van der Waals surface area contributed by atoms with Gasteiger partial charge in [-0.3, -0.25) is 0 Å². The molecule has 0 radical (unpaired) electrons. The molecule has 1 N–H and O–H groups in total. The van der Waals surface area contributed by atoms with Crippen molar-refractivity contribution in [2.45, 2.75) is 44.8 Å². The zero-order valence-corrected chi connectivity index (χ0v) is 9.47. The first-order chi connectivity index (χ1) is 6.03. The first kappa shape index (κ1) is 10.5. The van der Waals surface area contributed by atoms with E-state index in [1.807, 2.05) is 0 Å². The predicted octanol–water partition coefficient (Wildman–Crippen LogP) is 2.82. The van der Waals surface area contributed by atoms with Crippen molar-refractivity contribution in [1.82, 2.24) is 0 Å². The Balaban J connectivity index is 2.68. The van der Waals surface area contributed by atoms with Crippen LogP contribution in [0.5, 0.6) is 0 Å². The van der Waals surface area contributed by atoms with Crippen molar-refractivity contribution >= 4 is 14.0 Å². The van der Waals surface area contributed by atoms with E-state index in [2.05, 4.69) is 12.2 Å². The van der Waals surface area contributed by atoms with Gasteiger partial charge >= 0.3 is 5.97 Å². The Morgan fingerprint density at radius 1 is 1.31 bits per heavy atom. The fourth-order valence-electron chi connectivity index (χ4n) is 2.09. The number of aliphatic carboxylic acids is 1. The van der Waals surface area contributed by atoms with Crippen molar-refractivity contribution in [2.75, 3.05) is 0 Å². The summed E-state index contributed by atoms with van der Waals surface area (Å²) in [6.07, 6.45) is 3.93. The lowest BCUT2D eigenvalue weighted by Gasteiger charge is -2.28. The zero-order chi connectivity index (χ0) is 9.90. The second kappa shape index (κ2) is 4.09.